The Labute approximate surface area is 147 Å². The highest BCUT2D eigenvalue weighted by Gasteiger charge is 2.05. The standard InChI is InChI=1S/C21H21N3O/c1-15-10-16(2)12-19(11-15)23-20-9-8-18(14-22-20)24-21(25)13-17-6-4-3-5-7-17/h3-12,14H,13H2,1-2H3,(H,22,23)(H,24,25). The number of anilines is 3. The van der Waals surface area contributed by atoms with E-state index < -0.39 is 0 Å². The van der Waals surface area contributed by atoms with Crippen LogP contribution >= 0.6 is 0 Å². The molecule has 0 aliphatic heterocycles. The van der Waals surface area contributed by atoms with E-state index in [0.29, 0.717) is 12.1 Å². The Balaban J connectivity index is 1.61. The van der Waals surface area contributed by atoms with Crippen molar-refractivity contribution in [3.8, 4) is 0 Å². The molecule has 0 radical (unpaired) electrons. The molecule has 0 fully saturated rings. The van der Waals surface area contributed by atoms with Gasteiger partial charge in [0, 0.05) is 5.69 Å². The van der Waals surface area contributed by atoms with E-state index >= 15 is 0 Å². The molecule has 0 atom stereocenters. The molecule has 0 unspecified atom stereocenters. The number of hydrogen-bond donors (Lipinski definition) is 2. The minimum Gasteiger partial charge on any atom is -0.340 e. The van der Waals surface area contributed by atoms with E-state index in [2.05, 4.69) is 47.7 Å². The second-order valence-electron chi connectivity index (χ2n) is 6.14. The minimum absolute atomic E-state index is 0.0528. The molecule has 0 bridgehead atoms. The molecule has 4 nitrogen and oxygen atoms in total. The lowest BCUT2D eigenvalue weighted by Crippen LogP contribution is -2.14. The van der Waals surface area contributed by atoms with Gasteiger partial charge in [0.25, 0.3) is 0 Å². The van der Waals surface area contributed by atoms with E-state index in [1.807, 2.05) is 42.5 Å². The van der Waals surface area contributed by atoms with Crippen molar-refractivity contribution < 1.29 is 4.79 Å². The van der Waals surface area contributed by atoms with Gasteiger partial charge in [-0.2, -0.15) is 0 Å². The summed E-state index contributed by atoms with van der Waals surface area (Å²) in [6, 6.07) is 19.7. The molecular weight excluding hydrogens is 310 g/mol. The van der Waals surface area contributed by atoms with Crippen molar-refractivity contribution in [3.05, 3.63) is 83.6 Å². The summed E-state index contributed by atoms with van der Waals surface area (Å²) < 4.78 is 0. The number of nitrogens with one attached hydrogen (secondary N) is 2. The number of carbonyl (C=O) groups excluding carboxylic acids is 1. The van der Waals surface area contributed by atoms with Crippen LogP contribution in [-0.2, 0) is 11.2 Å². The van der Waals surface area contributed by atoms with Gasteiger partial charge >= 0.3 is 0 Å². The van der Waals surface area contributed by atoms with Gasteiger partial charge in [0.2, 0.25) is 5.91 Å². The molecule has 1 heterocycles. The third kappa shape index (κ3) is 4.91. The van der Waals surface area contributed by atoms with Crippen LogP contribution in [0.2, 0.25) is 0 Å². The molecule has 0 aliphatic carbocycles. The highest BCUT2D eigenvalue weighted by molar-refractivity contribution is 5.92. The largest absolute Gasteiger partial charge is 0.340 e. The van der Waals surface area contributed by atoms with Crippen molar-refractivity contribution in [1.29, 1.82) is 0 Å². The van der Waals surface area contributed by atoms with Gasteiger partial charge in [-0.3, -0.25) is 4.79 Å². The van der Waals surface area contributed by atoms with Crippen molar-refractivity contribution in [1.82, 2.24) is 4.98 Å². The monoisotopic (exact) mass is 331 g/mol. The first-order valence-electron chi connectivity index (χ1n) is 8.24. The third-order valence-electron chi connectivity index (χ3n) is 3.75. The molecule has 4 heteroatoms. The molecule has 0 saturated carbocycles. The Morgan fingerprint density at radius 3 is 2.28 bits per heavy atom. The van der Waals surface area contributed by atoms with E-state index in [0.717, 1.165) is 17.1 Å². The van der Waals surface area contributed by atoms with Crippen LogP contribution < -0.4 is 10.6 Å². The molecule has 126 valence electrons. The Morgan fingerprint density at radius 1 is 0.920 bits per heavy atom. The minimum atomic E-state index is -0.0528. The van der Waals surface area contributed by atoms with Crippen LogP contribution in [0.25, 0.3) is 0 Å². The fourth-order valence-corrected chi connectivity index (χ4v) is 2.72. The number of aromatic nitrogens is 1. The summed E-state index contributed by atoms with van der Waals surface area (Å²) in [6.07, 6.45) is 2.01. The highest BCUT2D eigenvalue weighted by atomic mass is 16.1. The number of rotatable bonds is 5. The maximum atomic E-state index is 12.1. The van der Waals surface area contributed by atoms with Gasteiger partial charge in [0.1, 0.15) is 5.82 Å². The summed E-state index contributed by atoms with van der Waals surface area (Å²) in [5, 5.41) is 6.15. The quantitative estimate of drug-likeness (QED) is 0.717. The van der Waals surface area contributed by atoms with Gasteiger partial charge in [0.05, 0.1) is 18.3 Å². The van der Waals surface area contributed by atoms with Gasteiger partial charge in [-0.05, 0) is 54.8 Å². The summed E-state index contributed by atoms with van der Waals surface area (Å²) in [6.45, 7) is 4.13. The number of benzene rings is 2. The van der Waals surface area contributed by atoms with Crippen LogP contribution in [0.3, 0.4) is 0 Å². The first-order chi connectivity index (χ1) is 12.1. The van der Waals surface area contributed by atoms with Crippen LogP contribution in [0, 0.1) is 13.8 Å². The molecule has 2 aromatic carbocycles. The number of amides is 1. The molecule has 25 heavy (non-hydrogen) atoms. The first-order valence-corrected chi connectivity index (χ1v) is 8.24. The van der Waals surface area contributed by atoms with Gasteiger partial charge in [-0.25, -0.2) is 4.98 Å². The van der Waals surface area contributed by atoms with Crippen molar-refractivity contribution in [2.45, 2.75) is 20.3 Å². The molecule has 0 spiro atoms. The second kappa shape index (κ2) is 7.62. The predicted molar refractivity (Wildman–Crippen MR) is 102 cm³/mol. The SMILES string of the molecule is Cc1cc(C)cc(Nc2ccc(NC(=O)Cc3ccccc3)cn2)c1. The lowest BCUT2D eigenvalue weighted by atomic mass is 10.1. The maximum Gasteiger partial charge on any atom is 0.228 e. The maximum absolute atomic E-state index is 12.1. The fourth-order valence-electron chi connectivity index (χ4n) is 2.72. The van der Waals surface area contributed by atoms with E-state index in [9.17, 15) is 4.79 Å². The van der Waals surface area contributed by atoms with E-state index in [1.54, 1.807) is 6.20 Å². The fraction of sp³-hybridized carbons (Fsp3) is 0.143. The molecule has 2 N–H and O–H groups in total. The van der Waals surface area contributed by atoms with Gasteiger partial charge in [-0.1, -0.05) is 36.4 Å². The number of nitrogens with zero attached hydrogens (tertiary/aromatic N) is 1. The lowest BCUT2D eigenvalue weighted by molar-refractivity contribution is -0.115. The predicted octanol–water partition coefficient (Wildman–Crippen LogP) is 4.62. The van der Waals surface area contributed by atoms with Gasteiger partial charge in [0.15, 0.2) is 0 Å². The van der Waals surface area contributed by atoms with E-state index in [-0.39, 0.29) is 5.91 Å². The molecule has 0 saturated heterocycles. The van der Waals surface area contributed by atoms with Crippen LogP contribution in [0.4, 0.5) is 17.2 Å². The first kappa shape index (κ1) is 16.7. The summed E-state index contributed by atoms with van der Waals surface area (Å²) in [7, 11) is 0. The lowest BCUT2D eigenvalue weighted by Gasteiger charge is -2.09. The van der Waals surface area contributed by atoms with Crippen LogP contribution in [0.15, 0.2) is 66.9 Å². The van der Waals surface area contributed by atoms with Crippen molar-refractivity contribution >= 4 is 23.1 Å². The Hall–Kier alpha value is -3.14. The summed E-state index contributed by atoms with van der Waals surface area (Å²) in [5.74, 6) is 0.689. The smallest absolute Gasteiger partial charge is 0.228 e. The molecule has 0 aliphatic rings. The normalized spacial score (nSPS) is 10.3. The molecule has 1 aromatic heterocycles. The average molecular weight is 331 g/mol. The zero-order chi connectivity index (χ0) is 17.6. The number of aryl methyl sites for hydroxylation is 2. The van der Waals surface area contributed by atoms with Crippen LogP contribution in [0.1, 0.15) is 16.7 Å². The molecular formula is C21H21N3O. The third-order valence-corrected chi connectivity index (χ3v) is 3.75. The molecule has 3 rings (SSSR count). The topological polar surface area (TPSA) is 54.0 Å². The number of carbonyl (C=O) groups is 1. The second-order valence-corrected chi connectivity index (χ2v) is 6.14. The van der Waals surface area contributed by atoms with Gasteiger partial charge < -0.3 is 10.6 Å². The zero-order valence-electron chi connectivity index (χ0n) is 14.4. The Morgan fingerprint density at radius 2 is 1.64 bits per heavy atom. The van der Waals surface area contributed by atoms with Crippen LogP contribution in [-0.4, -0.2) is 10.9 Å². The molecule has 3 aromatic rings. The number of hydrogen-bond acceptors (Lipinski definition) is 3. The van der Waals surface area contributed by atoms with E-state index in [4.69, 9.17) is 0 Å². The van der Waals surface area contributed by atoms with Crippen LogP contribution in [0.5, 0.6) is 0 Å². The van der Waals surface area contributed by atoms with Crippen molar-refractivity contribution in [2.24, 2.45) is 0 Å². The summed E-state index contributed by atoms with van der Waals surface area (Å²) in [4.78, 5) is 16.4. The molecule has 1 amide bonds. The Kier molecular flexibility index (Phi) is 5.09. The average Bonchev–Trinajstić information content (AvgIpc) is 2.56. The summed E-state index contributed by atoms with van der Waals surface area (Å²) in [5.41, 5.74) is 5.08. The van der Waals surface area contributed by atoms with Crippen molar-refractivity contribution in [2.75, 3.05) is 10.6 Å². The van der Waals surface area contributed by atoms with Crippen molar-refractivity contribution in [3.63, 3.8) is 0 Å². The number of pyridine rings is 1. The summed E-state index contributed by atoms with van der Waals surface area (Å²) >= 11 is 0. The van der Waals surface area contributed by atoms with Gasteiger partial charge in [-0.15, -0.1) is 0 Å². The highest BCUT2D eigenvalue weighted by Crippen LogP contribution is 2.19. The van der Waals surface area contributed by atoms with E-state index in [1.165, 1.54) is 11.1 Å². The zero-order valence-corrected chi connectivity index (χ0v) is 14.4. The Bertz CT molecular complexity index is 838.